The number of nitrogens with one attached hydrogen (secondary N) is 1. The summed E-state index contributed by atoms with van der Waals surface area (Å²) in [6, 6.07) is 0.0975. The number of urea groups is 1. The maximum atomic E-state index is 11.5. The second-order valence-corrected chi connectivity index (χ2v) is 3.85. The lowest BCUT2D eigenvalue weighted by Crippen LogP contribution is -2.48. The number of hydrogen-bond donors (Lipinski definition) is 2. The molecule has 1 saturated heterocycles. The second kappa shape index (κ2) is 4.46. The van der Waals surface area contributed by atoms with Crippen molar-refractivity contribution < 1.29 is 9.90 Å². The minimum absolute atomic E-state index is 0.0613. The Labute approximate surface area is 78.9 Å². The molecule has 0 aromatic carbocycles. The third kappa shape index (κ3) is 3.22. The summed E-state index contributed by atoms with van der Waals surface area (Å²) in [5.41, 5.74) is 0. The second-order valence-electron chi connectivity index (χ2n) is 3.85. The Balaban J connectivity index is 2.37. The summed E-state index contributed by atoms with van der Waals surface area (Å²) in [4.78, 5) is 13.1. The van der Waals surface area contributed by atoms with E-state index in [9.17, 15) is 9.90 Å². The first-order valence-electron chi connectivity index (χ1n) is 4.83. The van der Waals surface area contributed by atoms with Gasteiger partial charge in [0.05, 0.1) is 6.10 Å². The zero-order valence-electron chi connectivity index (χ0n) is 8.29. The highest BCUT2D eigenvalue weighted by Gasteiger charge is 2.21. The molecule has 4 nitrogen and oxygen atoms in total. The van der Waals surface area contributed by atoms with Crippen molar-refractivity contribution in [2.24, 2.45) is 0 Å². The van der Waals surface area contributed by atoms with Gasteiger partial charge in [-0.2, -0.15) is 0 Å². The van der Waals surface area contributed by atoms with E-state index in [1.165, 1.54) is 0 Å². The number of nitrogens with zero attached hydrogens (tertiary/aromatic N) is 1. The molecule has 2 N–H and O–H groups in total. The highest BCUT2D eigenvalue weighted by Crippen LogP contribution is 2.09. The molecule has 1 fully saturated rings. The number of hydrogen-bond acceptors (Lipinski definition) is 2. The van der Waals surface area contributed by atoms with Crippen molar-refractivity contribution >= 4 is 6.03 Å². The monoisotopic (exact) mass is 186 g/mol. The Morgan fingerprint density at radius 3 is 2.85 bits per heavy atom. The standard InChI is InChI=1S/C9H18N2O2/c1-7(2)10-9(13)11-5-3-4-8(12)6-11/h7-8,12H,3-6H2,1-2H3,(H,10,13). The maximum absolute atomic E-state index is 11.5. The molecule has 76 valence electrons. The highest BCUT2D eigenvalue weighted by molar-refractivity contribution is 5.74. The molecule has 0 spiro atoms. The molecule has 1 unspecified atom stereocenters. The number of piperidine rings is 1. The topological polar surface area (TPSA) is 52.6 Å². The van der Waals surface area contributed by atoms with E-state index in [0.717, 1.165) is 19.4 Å². The molecule has 1 rings (SSSR count). The van der Waals surface area contributed by atoms with Crippen molar-refractivity contribution in [3.8, 4) is 0 Å². The molecule has 4 heteroatoms. The van der Waals surface area contributed by atoms with E-state index >= 15 is 0 Å². The molecule has 1 atom stereocenters. The van der Waals surface area contributed by atoms with Crippen molar-refractivity contribution in [2.45, 2.75) is 38.8 Å². The van der Waals surface area contributed by atoms with Crippen LogP contribution in [0.15, 0.2) is 0 Å². The Kier molecular flexibility index (Phi) is 3.54. The van der Waals surface area contributed by atoms with Gasteiger partial charge in [0, 0.05) is 19.1 Å². The van der Waals surface area contributed by atoms with Gasteiger partial charge < -0.3 is 15.3 Å². The van der Waals surface area contributed by atoms with Crippen LogP contribution in [0.4, 0.5) is 4.79 Å². The van der Waals surface area contributed by atoms with E-state index in [0.29, 0.717) is 6.54 Å². The van der Waals surface area contributed by atoms with E-state index in [1.807, 2.05) is 13.8 Å². The first kappa shape index (κ1) is 10.3. The fourth-order valence-electron chi connectivity index (χ4n) is 1.48. The van der Waals surface area contributed by atoms with Crippen LogP contribution in [-0.4, -0.2) is 41.3 Å². The summed E-state index contributed by atoms with van der Waals surface area (Å²) < 4.78 is 0. The summed E-state index contributed by atoms with van der Waals surface area (Å²) in [7, 11) is 0. The van der Waals surface area contributed by atoms with E-state index < -0.39 is 0 Å². The molecule has 13 heavy (non-hydrogen) atoms. The zero-order valence-corrected chi connectivity index (χ0v) is 8.29. The molecule has 0 aliphatic carbocycles. The molecule has 1 aliphatic heterocycles. The average Bonchev–Trinajstić information content (AvgIpc) is 2.03. The Hall–Kier alpha value is -0.770. The lowest BCUT2D eigenvalue weighted by molar-refractivity contribution is 0.0836. The largest absolute Gasteiger partial charge is 0.391 e. The van der Waals surface area contributed by atoms with Gasteiger partial charge in [0.2, 0.25) is 0 Å². The first-order valence-corrected chi connectivity index (χ1v) is 4.83. The van der Waals surface area contributed by atoms with Crippen LogP contribution in [-0.2, 0) is 0 Å². The highest BCUT2D eigenvalue weighted by atomic mass is 16.3. The third-order valence-corrected chi connectivity index (χ3v) is 2.10. The molecule has 0 aromatic rings. The van der Waals surface area contributed by atoms with E-state index in [-0.39, 0.29) is 18.2 Å². The number of aliphatic hydroxyl groups is 1. The van der Waals surface area contributed by atoms with Gasteiger partial charge in [-0.3, -0.25) is 0 Å². The van der Waals surface area contributed by atoms with Gasteiger partial charge in [0.1, 0.15) is 0 Å². The maximum Gasteiger partial charge on any atom is 0.317 e. The van der Waals surface area contributed by atoms with Gasteiger partial charge in [0.15, 0.2) is 0 Å². The first-order chi connectivity index (χ1) is 6.09. The fourth-order valence-corrected chi connectivity index (χ4v) is 1.48. The predicted molar refractivity (Wildman–Crippen MR) is 50.5 cm³/mol. The van der Waals surface area contributed by atoms with Crippen LogP contribution in [0.2, 0.25) is 0 Å². The zero-order chi connectivity index (χ0) is 9.84. The lowest BCUT2D eigenvalue weighted by atomic mass is 10.1. The number of aliphatic hydroxyl groups excluding tert-OH is 1. The van der Waals surface area contributed by atoms with Crippen molar-refractivity contribution in [1.29, 1.82) is 0 Å². The van der Waals surface area contributed by atoms with Crippen LogP contribution in [0.1, 0.15) is 26.7 Å². The number of carbonyl (C=O) groups is 1. The van der Waals surface area contributed by atoms with Gasteiger partial charge in [-0.05, 0) is 26.7 Å². The molecular weight excluding hydrogens is 168 g/mol. The fraction of sp³-hybridized carbons (Fsp3) is 0.889. The van der Waals surface area contributed by atoms with Gasteiger partial charge in [-0.25, -0.2) is 4.79 Å². The van der Waals surface area contributed by atoms with Crippen LogP contribution in [0.25, 0.3) is 0 Å². The summed E-state index contributed by atoms with van der Waals surface area (Å²) in [6.07, 6.45) is 1.37. The van der Waals surface area contributed by atoms with E-state index in [4.69, 9.17) is 0 Å². The summed E-state index contributed by atoms with van der Waals surface area (Å²) in [6.45, 7) is 5.09. The van der Waals surface area contributed by atoms with Crippen molar-refractivity contribution in [3.63, 3.8) is 0 Å². The van der Waals surface area contributed by atoms with Crippen molar-refractivity contribution in [1.82, 2.24) is 10.2 Å². The number of β-amino-alcohol motifs (C(OH)–C–C–N with tert-alkyl or cyclic N) is 1. The van der Waals surface area contributed by atoms with Crippen LogP contribution in [0.3, 0.4) is 0 Å². The Bertz CT molecular complexity index is 182. The lowest BCUT2D eigenvalue weighted by Gasteiger charge is -2.30. The quantitative estimate of drug-likeness (QED) is 0.628. The Morgan fingerprint density at radius 2 is 2.31 bits per heavy atom. The third-order valence-electron chi connectivity index (χ3n) is 2.10. The number of amides is 2. The molecule has 1 aliphatic rings. The van der Waals surface area contributed by atoms with Crippen molar-refractivity contribution in [3.05, 3.63) is 0 Å². The molecular formula is C9H18N2O2. The molecule has 0 aromatic heterocycles. The minimum atomic E-state index is -0.341. The van der Waals surface area contributed by atoms with Crippen LogP contribution < -0.4 is 5.32 Å². The number of likely N-dealkylation sites (tertiary alicyclic amines) is 1. The van der Waals surface area contributed by atoms with Gasteiger partial charge in [-0.1, -0.05) is 0 Å². The van der Waals surface area contributed by atoms with E-state index in [1.54, 1.807) is 4.90 Å². The van der Waals surface area contributed by atoms with Crippen molar-refractivity contribution in [2.75, 3.05) is 13.1 Å². The summed E-state index contributed by atoms with van der Waals surface area (Å²) in [5.74, 6) is 0. The molecule has 0 bridgehead atoms. The predicted octanol–water partition coefficient (Wildman–Crippen LogP) is 0.561. The van der Waals surface area contributed by atoms with Crippen LogP contribution >= 0.6 is 0 Å². The minimum Gasteiger partial charge on any atom is -0.391 e. The van der Waals surface area contributed by atoms with Crippen LogP contribution in [0.5, 0.6) is 0 Å². The van der Waals surface area contributed by atoms with Gasteiger partial charge in [0.25, 0.3) is 0 Å². The summed E-state index contributed by atoms with van der Waals surface area (Å²) >= 11 is 0. The SMILES string of the molecule is CC(C)NC(=O)N1CCCC(O)C1. The van der Waals surface area contributed by atoms with Crippen LogP contribution in [0, 0.1) is 0 Å². The molecule has 0 saturated carbocycles. The van der Waals surface area contributed by atoms with Gasteiger partial charge in [-0.15, -0.1) is 0 Å². The normalized spacial score (nSPS) is 23.4. The van der Waals surface area contributed by atoms with E-state index in [2.05, 4.69) is 5.32 Å². The molecule has 2 amide bonds. The average molecular weight is 186 g/mol. The number of carbonyl (C=O) groups excluding carboxylic acids is 1. The summed E-state index contributed by atoms with van der Waals surface area (Å²) in [5, 5.41) is 12.1. The van der Waals surface area contributed by atoms with Gasteiger partial charge >= 0.3 is 6.03 Å². The smallest absolute Gasteiger partial charge is 0.317 e. The Morgan fingerprint density at radius 1 is 1.62 bits per heavy atom. The molecule has 1 heterocycles. The molecule has 0 radical (unpaired) electrons. The number of rotatable bonds is 1.